The van der Waals surface area contributed by atoms with Crippen molar-refractivity contribution in [1.82, 2.24) is 14.4 Å². The van der Waals surface area contributed by atoms with Crippen LogP contribution in [0.5, 0.6) is 5.75 Å². The Morgan fingerprint density at radius 2 is 2.06 bits per heavy atom. The largest absolute Gasteiger partial charge is 0.491 e. The summed E-state index contributed by atoms with van der Waals surface area (Å²) in [6.07, 6.45) is 4.91. The summed E-state index contributed by atoms with van der Waals surface area (Å²) in [5.41, 5.74) is 1.82. The van der Waals surface area contributed by atoms with Gasteiger partial charge in [-0.25, -0.2) is 18.7 Å². The van der Waals surface area contributed by atoms with Gasteiger partial charge in [-0.1, -0.05) is 6.07 Å². The number of hydrogen-bond donors (Lipinski definition) is 1. The third-order valence-electron chi connectivity index (χ3n) is 7.62. The Morgan fingerprint density at radius 3 is 2.83 bits per heavy atom. The lowest BCUT2D eigenvalue weighted by atomic mass is 9.97. The summed E-state index contributed by atoms with van der Waals surface area (Å²) < 4.78 is 45.3. The first-order valence-electron chi connectivity index (χ1n) is 12.4. The second-order valence-electron chi connectivity index (χ2n) is 9.95. The minimum atomic E-state index is -2.76. The minimum absolute atomic E-state index is 0.0865. The van der Waals surface area contributed by atoms with Crippen LogP contribution in [0, 0.1) is 11.3 Å². The summed E-state index contributed by atoms with van der Waals surface area (Å²) in [5, 5.41) is 2.81. The molecule has 190 valence electrons. The van der Waals surface area contributed by atoms with Crippen molar-refractivity contribution >= 4 is 17.2 Å². The van der Waals surface area contributed by atoms with Crippen LogP contribution in [-0.2, 0) is 9.47 Å². The van der Waals surface area contributed by atoms with Crippen LogP contribution in [0.15, 0.2) is 36.7 Å². The lowest BCUT2D eigenvalue weighted by molar-refractivity contribution is 0.0846. The molecule has 2 atom stereocenters. The molecule has 2 aliphatic heterocycles. The number of carbonyl (C=O) groups is 1. The van der Waals surface area contributed by atoms with Crippen LogP contribution in [0.2, 0.25) is 0 Å². The maximum Gasteiger partial charge on any atom is 0.280 e. The number of halogens is 2. The number of fused-ring (bicyclic) bond motifs is 1. The second kappa shape index (κ2) is 9.40. The van der Waals surface area contributed by atoms with Crippen LogP contribution >= 0.6 is 0 Å². The fourth-order valence-electron chi connectivity index (χ4n) is 5.29. The van der Waals surface area contributed by atoms with Crippen LogP contribution in [-0.4, -0.2) is 53.3 Å². The number of aromatic nitrogens is 3. The van der Waals surface area contributed by atoms with E-state index in [9.17, 15) is 13.6 Å². The van der Waals surface area contributed by atoms with Gasteiger partial charge in [0.25, 0.3) is 12.3 Å². The third-order valence-corrected chi connectivity index (χ3v) is 7.62. The topological polar surface area (TPSA) is 87.0 Å². The SMILES string of the molecule is O=C(Nc1cn2cc(C3CCOCC3)nc2cc1OCC1CC12CCOC2)c1cccc(C(F)F)n1. The molecule has 36 heavy (non-hydrogen) atoms. The molecule has 2 saturated heterocycles. The molecule has 5 heterocycles. The molecular formula is C26H28F2N4O4. The maximum atomic E-state index is 13.1. The van der Waals surface area contributed by atoms with E-state index in [2.05, 4.69) is 10.3 Å². The van der Waals surface area contributed by atoms with Gasteiger partial charge in [0.1, 0.15) is 28.5 Å². The van der Waals surface area contributed by atoms with Crippen LogP contribution in [0.4, 0.5) is 14.5 Å². The molecule has 1 amide bonds. The Balaban J connectivity index is 1.27. The van der Waals surface area contributed by atoms with Gasteiger partial charge in [0.15, 0.2) is 0 Å². The summed E-state index contributed by atoms with van der Waals surface area (Å²) in [7, 11) is 0. The van der Waals surface area contributed by atoms with E-state index in [1.807, 2.05) is 16.7 Å². The van der Waals surface area contributed by atoms with Crippen molar-refractivity contribution in [3.63, 3.8) is 0 Å². The molecule has 6 rings (SSSR count). The highest BCUT2D eigenvalue weighted by Gasteiger charge is 2.56. The van der Waals surface area contributed by atoms with E-state index in [4.69, 9.17) is 19.2 Å². The molecule has 3 aromatic rings. The fourth-order valence-corrected chi connectivity index (χ4v) is 5.29. The van der Waals surface area contributed by atoms with Crippen molar-refractivity contribution in [2.24, 2.45) is 11.3 Å². The van der Waals surface area contributed by atoms with Crippen LogP contribution in [0.3, 0.4) is 0 Å². The molecule has 3 fully saturated rings. The number of ether oxygens (including phenoxy) is 3. The second-order valence-corrected chi connectivity index (χ2v) is 9.95. The molecule has 0 aromatic carbocycles. The van der Waals surface area contributed by atoms with E-state index in [1.165, 1.54) is 18.2 Å². The number of nitrogens with one attached hydrogen (secondary N) is 1. The minimum Gasteiger partial charge on any atom is -0.491 e. The summed E-state index contributed by atoms with van der Waals surface area (Å²) in [6, 6.07) is 5.83. The Kier molecular flexibility index (Phi) is 6.08. The number of anilines is 1. The molecule has 3 aliphatic rings. The van der Waals surface area contributed by atoms with E-state index >= 15 is 0 Å². The molecule has 1 spiro atoms. The van der Waals surface area contributed by atoms with E-state index in [1.54, 1.807) is 6.20 Å². The first kappa shape index (κ1) is 23.3. The molecule has 10 heteroatoms. The Bertz CT molecular complexity index is 1270. The van der Waals surface area contributed by atoms with Crippen LogP contribution < -0.4 is 10.1 Å². The average molecular weight is 499 g/mol. The molecule has 0 bridgehead atoms. The van der Waals surface area contributed by atoms with Gasteiger partial charge in [-0.15, -0.1) is 0 Å². The van der Waals surface area contributed by atoms with Crippen LogP contribution in [0.1, 0.15) is 59.9 Å². The zero-order chi connectivity index (χ0) is 24.7. The molecule has 2 unspecified atom stereocenters. The standard InChI is InChI=1S/C26H28F2N4O4/c27-24(28)18-2-1-3-19(29-18)25(33)31-21-13-32-12-20(16-4-7-34-8-5-16)30-23(32)10-22(21)36-14-17-11-26(17)6-9-35-15-26/h1-3,10,12-13,16-17,24H,4-9,11,14-15H2,(H,31,33). The number of rotatable bonds is 7. The molecule has 0 radical (unpaired) electrons. The van der Waals surface area contributed by atoms with Crippen molar-refractivity contribution in [3.05, 3.63) is 53.7 Å². The molecule has 8 nitrogen and oxygen atoms in total. The van der Waals surface area contributed by atoms with Gasteiger partial charge in [0, 0.05) is 55.5 Å². The Morgan fingerprint density at radius 1 is 1.19 bits per heavy atom. The van der Waals surface area contributed by atoms with Crippen molar-refractivity contribution in [2.45, 2.75) is 38.0 Å². The quantitative estimate of drug-likeness (QED) is 0.512. The molecule has 1 saturated carbocycles. The zero-order valence-electron chi connectivity index (χ0n) is 19.8. The van der Waals surface area contributed by atoms with Crippen molar-refractivity contribution in [2.75, 3.05) is 38.4 Å². The summed E-state index contributed by atoms with van der Waals surface area (Å²) >= 11 is 0. The van der Waals surface area contributed by atoms with Gasteiger partial charge in [0.2, 0.25) is 0 Å². The highest BCUT2D eigenvalue weighted by Crippen LogP contribution is 2.58. The summed E-state index contributed by atoms with van der Waals surface area (Å²) in [6.45, 7) is 3.49. The highest BCUT2D eigenvalue weighted by molar-refractivity contribution is 6.03. The van der Waals surface area contributed by atoms with Gasteiger partial charge in [0.05, 0.1) is 18.9 Å². The zero-order valence-corrected chi connectivity index (χ0v) is 19.8. The molecule has 1 N–H and O–H groups in total. The lowest BCUT2D eigenvalue weighted by Crippen LogP contribution is -2.16. The number of amides is 1. The van der Waals surface area contributed by atoms with Crippen molar-refractivity contribution < 1.29 is 27.8 Å². The van der Waals surface area contributed by atoms with Gasteiger partial charge < -0.3 is 23.9 Å². The van der Waals surface area contributed by atoms with E-state index in [-0.39, 0.29) is 11.1 Å². The maximum absolute atomic E-state index is 13.1. The Hall–Kier alpha value is -3.11. The first-order valence-corrected chi connectivity index (χ1v) is 12.4. The van der Waals surface area contributed by atoms with E-state index in [0.29, 0.717) is 43.1 Å². The number of carbonyl (C=O) groups excluding carboxylic acids is 1. The average Bonchev–Trinajstić information content (AvgIpc) is 3.19. The number of imidazole rings is 1. The highest BCUT2D eigenvalue weighted by atomic mass is 19.3. The van der Waals surface area contributed by atoms with Crippen molar-refractivity contribution in [3.8, 4) is 5.75 Å². The molecular weight excluding hydrogens is 470 g/mol. The summed E-state index contributed by atoms with van der Waals surface area (Å²) in [4.78, 5) is 21.6. The Labute approximate surface area is 207 Å². The number of nitrogens with zero attached hydrogens (tertiary/aromatic N) is 3. The van der Waals surface area contributed by atoms with E-state index in [0.717, 1.165) is 50.2 Å². The van der Waals surface area contributed by atoms with Gasteiger partial charge in [-0.3, -0.25) is 4.79 Å². The predicted octanol–water partition coefficient (Wildman–Crippen LogP) is 4.62. The number of pyridine rings is 2. The van der Waals surface area contributed by atoms with Gasteiger partial charge in [-0.2, -0.15) is 0 Å². The number of hydrogen-bond acceptors (Lipinski definition) is 6. The first-order chi connectivity index (χ1) is 17.5. The fraction of sp³-hybridized carbons (Fsp3) is 0.500. The van der Waals surface area contributed by atoms with Gasteiger partial charge >= 0.3 is 0 Å². The molecule has 3 aromatic heterocycles. The predicted molar refractivity (Wildman–Crippen MR) is 127 cm³/mol. The normalized spacial score (nSPS) is 24.0. The van der Waals surface area contributed by atoms with Crippen LogP contribution in [0.25, 0.3) is 5.65 Å². The van der Waals surface area contributed by atoms with E-state index < -0.39 is 18.0 Å². The van der Waals surface area contributed by atoms with Crippen molar-refractivity contribution in [1.29, 1.82) is 0 Å². The smallest absolute Gasteiger partial charge is 0.280 e. The van der Waals surface area contributed by atoms with Gasteiger partial charge in [-0.05, 0) is 37.8 Å². The number of alkyl halides is 2. The monoisotopic (exact) mass is 498 g/mol. The molecule has 1 aliphatic carbocycles. The lowest BCUT2D eigenvalue weighted by Gasteiger charge is -2.19. The summed E-state index contributed by atoms with van der Waals surface area (Å²) in [5.74, 6) is 0.627. The third kappa shape index (κ3) is 4.55.